The molecule has 0 radical (unpaired) electrons. The molecule has 0 fully saturated rings. The van der Waals surface area contributed by atoms with E-state index in [1.54, 1.807) is 45.6 Å². The van der Waals surface area contributed by atoms with Crippen molar-refractivity contribution in [2.45, 2.75) is 42.5 Å². The quantitative estimate of drug-likeness (QED) is 0.220. The molecule has 0 aliphatic rings. The Morgan fingerprint density at radius 2 is 1.62 bits per heavy atom. The summed E-state index contributed by atoms with van der Waals surface area (Å²) in [7, 11) is 1.07. The molecule has 0 bridgehead atoms. The number of rotatable bonds is 13. The zero-order valence-corrected chi connectivity index (χ0v) is 23.9. The van der Waals surface area contributed by atoms with Gasteiger partial charge < -0.3 is 28.7 Å². The molecule has 0 unspecified atom stereocenters. The number of methoxy groups -OCH3 is 3. The molecule has 2 aromatic heterocycles. The Balaban J connectivity index is 1.33. The minimum absolute atomic E-state index is 0.0691. The van der Waals surface area contributed by atoms with Crippen molar-refractivity contribution in [3.05, 3.63) is 78.1 Å². The van der Waals surface area contributed by atoms with Crippen LogP contribution in [0, 0.1) is 0 Å². The van der Waals surface area contributed by atoms with Crippen molar-refractivity contribution < 1.29 is 27.4 Å². The first-order valence-electron chi connectivity index (χ1n) is 12.9. The molecule has 0 atom stereocenters. The van der Waals surface area contributed by atoms with E-state index in [0.717, 1.165) is 24.1 Å². The third kappa shape index (κ3) is 6.15. The van der Waals surface area contributed by atoms with Crippen molar-refractivity contribution in [2.75, 3.05) is 34.5 Å². The van der Waals surface area contributed by atoms with Gasteiger partial charge >= 0.3 is 0 Å². The van der Waals surface area contributed by atoms with Gasteiger partial charge in [0.15, 0.2) is 11.5 Å². The van der Waals surface area contributed by atoms with Gasteiger partial charge in [0.05, 0.1) is 38.3 Å². The molecule has 2 aromatic carbocycles. The van der Waals surface area contributed by atoms with E-state index in [4.69, 9.17) is 18.9 Å². The Morgan fingerprint density at radius 3 is 2.23 bits per heavy atom. The molecule has 208 valence electrons. The number of aromatic nitrogens is 1. The summed E-state index contributed by atoms with van der Waals surface area (Å²) in [4.78, 5) is 0.616. The summed E-state index contributed by atoms with van der Waals surface area (Å²) in [6.07, 6.45) is 4.55. The van der Waals surface area contributed by atoms with Crippen LogP contribution < -0.4 is 24.3 Å². The Morgan fingerprint density at radius 1 is 0.923 bits per heavy atom. The van der Waals surface area contributed by atoms with Crippen molar-refractivity contribution in [2.24, 2.45) is 0 Å². The largest absolute Gasteiger partial charge is 0.494 e. The highest BCUT2D eigenvalue weighted by Gasteiger charge is 2.27. The summed E-state index contributed by atoms with van der Waals surface area (Å²) in [6.45, 7) is 5.88. The molecule has 0 saturated carbocycles. The molecule has 0 amide bonds. The molecule has 1 N–H and O–H groups in total. The summed E-state index contributed by atoms with van der Waals surface area (Å²) in [5, 5.41) is 3.39. The molecule has 4 rings (SSSR count). The second kappa shape index (κ2) is 12.4. The van der Waals surface area contributed by atoms with Crippen LogP contribution in [0.25, 0.3) is 5.52 Å². The lowest BCUT2D eigenvalue weighted by molar-refractivity contribution is 0.307. The molecular formula is C30H36N2O6S. The molecule has 0 saturated heterocycles. The highest BCUT2D eigenvalue weighted by molar-refractivity contribution is 7.91. The first-order chi connectivity index (χ1) is 18.8. The summed E-state index contributed by atoms with van der Waals surface area (Å²) < 4.78 is 51.2. The van der Waals surface area contributed by atoms with E-state index in [1.165, 1.54) is 0 Å². The Kier molecular flexibility index (Phi) is 9.04. The van der Waals surface area contributed by atoms with Crippen molar-refractivity contribution in [3.8, 4) is 23.0 Å². The second-order valence-corrected chi connectivity index (χ2v) is 11.3. The molecule has 4 aromatic rings. The van der Waals surface area contributed by atoms with E-state index in [0.29, 0.717) is 46.6 Å². The monoisotopic (exact) mass is 552 g/mol. The van der Waals surface area contributed by atoms with Gasteiger partial charge in [-0.25, -0.2) is 8.42 Å². The number of hydrogen-bond acceptors (Lipinski definition) is 7. The van der Waals surface area contributed by atoms with E-state index < -0.39 is 9.84 Å². The fraction of sp³-hybridized carbons (Fsp3) is 0.333. The van der Waals surface area contributed by atoms with Crippen LogP contribution in [-0.4, -0.2) is 47.3 Å². The van der Waals surface area contributed by atoms with Crippen molar-refractivity contribution in [3.63, 3.8) is 0 Å². The third-order valence-electron chi connectivity index (χ3n) is 6.51. The van der Waals surface area contributed by atoms with Crippen molar-refractivity contribution in [1.29, 1.82) is 0 Å². The van der Waals surface area contributed by atoms with Crippen LogP contribution >= 0.6 is 0 Å². The first kappa shape index (κ1) is 28.3. The van der Waals surface area contributed by atoms with Gasteiger partial charge in [0, 0.05) is 18.9 Å². The summed E-state index contributed by atoms with van der Waals surface area (Å²) in [5.41, 5.74) is 2.50. The van der Waals surface area contributed by atoms with Gasteiger partial charge in [-0.1, -0.05) is 19.9 Å². The van der Waals surface area contributed by atoms with E-state index in [2.05, 4.69) is 5.32 Å². The van der Waals surface area contributed by atoms with Gasteiger partial charge in [0.25, 0.3) is 0 Å². The van der Waals surface area contributed by atoms with Crippen molar-refractivity contribution >= 4 is 15.4 Å². The van der Waals surface area contributed by atoms with Crippen molar-refractivity contribution in [1.82, 2.24) is 9.72 Å². The van der Waals surface area contributed by atoms with Crippen LogP contribution in [0.4, 0.5) is 0 Å². The number of fused-ring (bicyclic) bond motifs is 1. The fourth-order valence-electron chi connectivity index (χ4n) is 4.51. The zero-order valence-electron chi connectivity index (χ0n) is 23.1. The normalized spacial score (nSPS) is 11.6. The second-order valence-electron chi connectivity index (χ2n) is 9.45. The average molecular weight is 553 g/mol. The van der Waals surface area contributed by atoms with E-state index in [9.17, 15) is 8.42 Å². The maximum absolute atomic E-state index is 13.6. The predicted molar refractivity (Wildman–Crippen MR) is 151 cm³/mol. The molecule has 0 spiro atoms. The van der Waals surface area contributed by atoms with E-state index in [-0.39, 0.29) is 10.8 Å². The molecule has 9 heteroatoms. The van der Waals surface area contributed by atoms with Crippen LogP contribution in [0.15, 0.2) is 76.8 Å². The van der Waals surface area contributed by atoms with Crippen LogP contribution in [0.2, 0.25) is 0 Å². The fourth-order valence-corrected chi connectivity index (χ4v) is 6.29. The summed E-state index contributed by atoms with van der Waals surface area (Å²) in [6, 6.07) is 16.1. The molecule has 0 aliphatic carbocycles. The average Bonchev–Trinajstić information content (AvgIpc) is 3.35. The smallest absolute Gasteiger partial charge is 0.209 e. The maximum atomic E-state index is 13.6. The SMILES string of the molecule is COc1cc(CNCCCOc2ccc(S(=O)(=O)c3c(C(C)C)cn4ccccc34)cc2)cc(OC)c1OC. The summed E-state index contributed by atoms with van der Waals surface area (Å²) >= 11 is 0. The van der Waals surface area contributed by atoms with Gasteiger partial charge in [-0.05, 0) is 78.5 Å². The predicted octanol–water partition coefficient (Wildman–Crippen LogP) is 5.48. The Bertz CT molecular complexity index is 1490. The Labute approximate surface area is 230 Å². The number of pyridine rings is 1. The summed E-state index contributed by atoms with van der Waals surface area (Å²) in [5.74, 6) is 2.50. The van der Waals surface area contributed by atoms with Crippen LogP contribution in [0.3, 0.4) is 0 Å². The maximum Gasteiger partial charge on any atom is 0.209 e. The number of nitrogens with zero attached hydrogens (tertiary/aromatic N) is 1. The third-order valence-corrected chi connectivity index (χ3v) is 8.38. The molecule has 2 heterocycles. The lowest BCUT2D eigenvalue weighted by atomic mass is 10.1. The highest BCUT2D eigenvalue weighted by Crippen LogP contribution is 2.38. The number of ether oxygens (including phenoxy) is 4. The molecule has 39 heavy (non-hydrogen) atoms. The van der Waals surface area contributed by atoms with Gasteiger partial charge in [0.1, 0.15) is 10.6 Å². The minimum atomic E-state index is -3.70. The standard InChI is InChI=1S/C30H36N2O6S/c1-21(2)25-20-32-15-7-6-9-26(32)30(25)39(33,34)24-12-10-23(11-13-24)38-16-8-14-31-19-22-17-27(35-3)29(37-5)28(18-22)36-4/h6-7,9-13,15,17-18,20-21,31H,8,14,16,19H2,1-5H3. The molecule has 8 nitrogen and oxygen atoms in total. The van der Waals surface area contributed by atoms with E-state index >= 15 is 0 Å². The van der Waals surface area contributed by atoms with Gasteiger partial charge in [-0.2, -0.15) is 0 Å². The lowest BCUT2D eigenvalue weighted by Crippen LogP contribution is -2.17. The van der Waals surface area contributed by atoms with Crippen LogP contribution in [-0.2, 0) is 16.4 Å². The minimum Gasteiger partial charge on any atom is -0.494 e. The topological polar surface area (TPSA) is 87.5 Å². The Hall–Kier alpha value is -3.69. The number of nitrogens with one attached hydrogen (secondary N) is 1. The van der Waals surface area contributed by atoms with Gasteiger partial charge in [-0.3, -0.25) is 0 Å². The van der Waals surface area contributed by atoms with Crippen LogP contribution in [0.1, 0.15) is 37.3 Å². The zero-order chi connectivity index (χ0) is 28.0. The first-order valence-corrected chi connectivity index (χ1v) is 14.4. The van der Waals surface area contributed by atoms with Crippen LogP contribution in [0.5, 0.6) is 23.0 Å². The highest BCUT2D eigenvalue weighted by atomic mass is 32.2. The van der Waals surface area contributed by atoms with E-state index in [1.807, 2.05) is 61.0 Å². The van der Waals surface area contributed by atoms with Gasteiger partial charge in [0.2, 0.25) is 15.6 Å². The molecular weight excluding hydrogens is 516 g/mol. The molecule has 0 aliphatic heterocycles. The number of hydrogen-bond donors (Lipinski definition) is 1. The van der Waals surface area contributed by atoms with Gasteiger partial charge in [-0.15, -0.1) is 0 Å². The lowest BCUT2D eigenvalue weighted by Gasteiger charge is -2.14. The number of benzene rings is 2. The number of sulfone groups is 1.